The predicted octanol–water partition coefficient (Wildman–Crippen LogP) is 2.11. The molecule has 0 spiro atoms. The van der Waals surface area contributed by atoms with Crippen molar-refractivity contribution in [1.29, 1.82) is 0 Å². The SMILES string of the molecule is CCCCC(=O)NCc1cc2cc3c(cc2[nH]c1=O)OCCO3. The molecule has 0 fully saturated rings. The van der Waals surface area contributed by atoms with E-state index in [2.05, 4.69) is 10.3 Å². The molecule has 2 N–H and O–H groups in total. The number of nitrogens with one attached hydrogen (secondary N) is 2. The molecule has 0 bridgehead atoms. The van der Waals surface area contributed by atoms with Crippen molar-refractivity contribution in [3.05, 3.63) is 34.1 Å². The third kappa shape index (κ3) is 3.47. The highest BCUT2D eigenvalue weighted by atomic mass is 16.6. The number of hydrogen-bond acceptors (Lipinski definition) is 4. The van der Waals surface area contributed by atoms with Crippen LogP contribution in [0.1, 0.15) is 31.7 Å². The fourth-order valence-electron chi connectivity index (χ4n) is 2.54. The molecule has 1 amide bonds. The number of benzene rings is 1. The lowest BCUT2D eigenvalue weighted by Gasteiger charge is -2.18. The molecule has 2 aromatic rings. The lowest BCUT2D eigenvalue weighted by Crippen LogP contribution is -2.26. The van der Waals surface area contributed by atoms with Crippen molar-refractivity contribution in [2.45, 2.75) is 32.7 Å². The third-order valence-corrected chi connectivity index (χ3v) is 3.82. The quantitative estimate of drug-likeness (QED) is 0.885. The Morgan fingerprint density at radius 1 is 1.22 bits per heavy atom. The topological polar surface area (TPSA) is 80.4 Å². The molecule has 2 heterocycles. The van der Waals surface area contributed by atoms with Crippen LogP contribution in [-0.4, -0.2) is 24.1 Å². The zero-order valence-electron chi connectivity index (χ0n) is 13.1. The number of rotatable bonds is 5. The summed E-state index contributed by atoms with van der Waals surface area (Å²) in [6.07, 6.45) is 2.31. The summed E-state index contributed by atoms with van der Waals surface area (Å²) in [5, 5.41) is 3.64. The van der Waals surface area contributed by atoms with E-state index in [-0.39, 0.29) is 18.0 Å². The number of H-pyrrole nitrogens is 1. The maximum absolute atomic E-state index is 12.1. The van der Waals surface area contributed by atoms with Gasteiger partial charge in [-0.05, 0) is 18.6 Å². The van der Waals surface area contributed by atoms with Gasteiger partial charge in [-0.15, -0.1) is 0 Å². The maximum Gasteiger partial charge on any atom is 0.253 e. The summed E-state index contributed by atoms with van der Waals surface area (Å²) < 4.78 is 11.1. The average Bonchev–Trinajstić information content (AvgIpc) is 2.56. The highest BCUT2D eigenvalue weighted by Gasteiger charge is 2.14. The number of carbonyl (C=O) groups is 1. The molecule has 3 rings (SSSR count). The first-order chi connectivity index (χ1) is 11.2. The van der Waals surface area contributed by atoms with Gasteiger partial charge < -0.3 is 19.8 Å². The molecular formula is C17H20N2O4. The first kappa shape index (κ1) is 15.4. The van der Waals surface area contributed by atoms with Crippen molar-refractivity contribution >= 4 is 16.8 Å². The zero-order chi connectivity index (χ0) is 16.2. The normalized spacial score (nSPS) is 13.1. The lowest BCUT2D eigenvalue weighted by molar-refractivity contribution is -0.121. The van der Waals surface area contributed by atoms with E-state index in [1.165, 1.54) is 0 Å². The standard InChI is InChI=1S/C17H20N2O4/c1-2-3-4-16(20)18-10-12-7-11-8-14-15(23-6-5-22-14)9-13(11)19-17(12)21/h7-9H,2-6,10H2,1H3,(H,18,20)(H,19,21). The van der Waals surface area contributed by atoms with Gasteiger partial charge in [0.2, 0.25) is 5.91 Å². The van der Waals surface area contributed by atoms with Crippen molar-refractivity contribution in [2.24, 2.45) is 0 Å². The summed E-state index contributed by atoms with van der Waals surface area (Å²) in [4.78, 5) is 26.7. The maximum atomic E-state index is 12.1. The third-order valence-electron chi connectivity index (χ3n) is 3.82. The zero-order valence-corrected chi connectivity index (χ0v) is 13.1. The Kier molecular flexibility index (Phi) is 4.50. The lowest BCUT2D eigenvalue weighted by atomic mass is 10.1. The Hall–Kier alpha value is -2.50. The molecular weight excluding hydrogens is 296 g/mol. The van der Waals surface area contributed by atoms with Crippen LogP contribution in [0.25, 0.3) is 10.9 Å². The van der Waals surface area contributed by atoms with Gasteiger partial charge in [0.15, 0.2) is 11.5 Å². The monoisotopic (exact) mass is 316 g/mol. The van der Waals surface area contributed by atoms with Gasteiger partial charge in [-0.25, -0.2) is 0 Å². The predicted molar refractivity (Wildman–Crippen MR) is 86.9 cm³/mol. The first-order valence-corrected chi connectivity index (χ1v) is 7.89. The summed E-state index contributed by atoms with van der Waals surface area (Å²) in [6, 6.07) is 5.41. The number of carbonyl (C=O) groups excluding carboxylic acids is 1. The molecule has 6 nitrogen and oxygen atoms in total. The van der Waals surface area contributed by atoms with E-state index < -0.39 is 0 Å². The number of hydrogen-bond donors (Lipinski definition) is 2. The van der Waals surface area contributed by atoms with Gasteiger partial charge in [0, 0.05) is 30.0 Å². The van der Waals surface area contributed by atoms with Crippen molar-refractivity contribution in [2.75, 3.05) is 13.2 Å². The molecule has 0 unspecified atom stereocenters. The van der Waals surface area contributed by atoms with Gasteiger partial charge in [0.05, 0.1) is 5.52 Å². The number of unbranched alkanes of at least 4 members (excludes halogenated alkanes) is 1. The molecule has 1 aromatic carbocycles. The molecule has 6 heteroatoms. The molecule has 23 heavy (non-hydrogen) atoms. The largest absolute Gasteiger partial charge is 0.486 e. The van der Waals surface area contributed by atoms with Crippen molar-refractivity contribution < 1.29 is 14.3 Å². The summed E-state index contributed by atoms with van der Waals surface area (Å²) in [5.41, 5.74) is 1.02. The molecule has 1 aliphatic heterocycles. The molecule has 122 valence electrons. The van der Waals surface area contributed by atoms with Crippen LogP contribution in [0, 0.1) is 0 Å². The first-order valence-electron chi connectivity index (χ1n) is 7.89. The smallest absolute Gasteiger partial charge is 0.253 e. The minimum Gasteiger partial charge on any atom is -0.486 e. The molecule has 1 aliphatic rings. The van der Waals surface area contributed by atoms with Crippen LogP contribution in [0.5, 0.6) is 11.5 Å². The van der Waals surface area contributed by atoms with Gasteiger partial charge in [0.25, 0.3) is 5.56 Å². The Labute approximate surface area is 133 Å². The Bertz CT molecular complexity index is 782. The van der Waals surface area contributed by atoms with Crippen molar-refractivity contribution in [3.63, 3.8) is 0 Å². The van der Waals surface area contributed by atoms with E-state index in [1.807, 2.05) is 13.0 Å². The Morgan fingerprint density at radius 2 is 1.96 bits per heavy atom. The van der Waals surface area contributed by atoms with Gasteiger partial charge in [-0.3, -0.25) is 9.59 Å². The number of aromatic nitrogens is 1. The highest BCUT2D eigenvalue weighted by molar-refractivity contribution is 5.83. The van der Waals surface area contributed by atoms with Crippen LogP contribution in [0.2, 0.25) is 0 Å². The highest BCUT2D eigenvalue weighted by Crippen LogP contribution is 2.33. The molecule has 0 atom stereocenters. The molecule has 0 radical (unpaired) electrons. The molecule has 0 aliphatic carbocycles. The van der Waals surface area contributed by atoms with Crippen molar-refractivity contribution in [3.8, 4) is 11.5 Å². The van der Waals surface area contributed by atoms with E-state index in [0.29, 0.717) is 42.2 Å². The van der Waals surface area contributed by atoms with Crippen LogP contribution in [0.3, 0.4) is 0 Å². The van der Waals surface area contributed by atoms with E-state index in [1.54, 1.807) is 12.1 Å². The van der Waals surface area contributed by atoms with Gasteiger partial charge in [-0.2, -0.15) is 0 Å². The minimum absolute atomic E-state index is 0.0338. The second-order valence-corrected chi connectivity index (χ2v) is 5.59. The van der Waals surface area contributed by atoms with Crippen LogP contribution in [0.15, 0.2) is 23.0 Å². The Morgan fingerprint density at radius 3 is 2.70 bits per heavy atom. The van der Waals surface area contributed by atoms with Crippen LogP contribution >= 0.6 is 0 Å². The molecule has 0 saturated heterocycles. The van der Waals surface area contributed by atoms with Crippen molar-refractivity contribution in [1.82, 2.24) is 10.3 Å². The fraction of sp³-hybridized carbons (Fsp3) is 0.412. The van der Waals surface area contributed by atoms with Gasteiger partial charge >= 0.3 is 0 Å². The summed E-state index contributed by atoms with van der Waals surface area (Å²) in [5.74, 6) is 1.28. The average molecular weight is 316 g/mol. The summed E-state index contributed by atoms with van der Waals surface area (Å²) in [7, 11) is 0. The number of pyridine rings is 1. The number of ether oxygens (including phenoxy) is 2. The Balaban J connectivity index is 1.82. The second-order valence-electron chi connectivity index (χ2n) is 5.59. The second kappa shape index (κ2) is 6.73. The number of fused-ring (bicyclic) bond motifs is 2. The van der Waals surface area contributed by atoms with E-state index >= 15 is 0 Å². The number of amides is 1. The molecule has 1 aromatic heterocycles. The van der Waals surface area contributed by atoms with Gasteiger partial charge in [-0.1, -0.05) is 13.3 Å². The summed E-state index contributed by atoms with van der Waals surface area (Å²) >= 11 is 0. The fourth-order valence-corrected chi connectivity index (χ4v) is 2.54. The van der Waals surface area contributed by atoms with Crippen LogP contribution in [0.4, 0.5) is 0 Å². The van der Waals surface area contributed by atoms with E-state index in [9.17, 15) is 9.59 Å². The number of aromatic amines is 1. The summed E-state index contributed by atoms with van der Waals surface area (Å²) in [6.45, 7) is 3.28. The van der Waals surface area contributed by atoms with Crippen LogP contribution < -0.4 is 20.3 Å². The van der Waals surface area contributed by atoms with Gasteiger partial charge in [0.1, 0.15) is 13.2 Å². The van der Waals surface area contributed by atoms with E-state index in [0.717, 1.165) is 18.2 Å². The van der Waals surface area contributed by atoms with E-state index in [4.69, 9.17) is 9.47 Å². The van der Waals surface area contributed by atoms with Crippen LogP contribution in [-0.2, 0) is 11.3 Å². The molecule has 0 saturated carbocycles. The minimum atomic E-state index is -0.204.